The Bertz CT molecular complexity index is 719. The van der Waals surface area contributed by atoms with E-state index in [0.717, 1.165) is 13.1 Å². The summed E-state index contributed by atoms with van der Waals surface area (Å²) in [5.74, 6) is 1.03. The van der Waals surface area contributed by atoms with Crippen molar-refractivity contribution in [3.8, 4) is 0 Å². The Labute approximate surface area is 144 Å². The van der Waals surface area contributed by atoms with Crippen LogP contribution in [0.4, 0.5) is 5.69 Å². The Balaban J connectivity index is 1.73. The van der Waals surface area contributed by atoms with Gasteiger partial charge in [0.25, 0.3) is 0 Å². The summed E-state index contributed by atoms with van der Waals surface area (Å²) in [7, 11) is 0. The molecule has 2 aliphatic rings. The zero-order valence-corrected chi connectivity index (χ0v) is 14.4. The monoisotopic (exact) mass is 319 g/mol. The molecular formula is C21H25N3. The Hall–Kier alpha value is -2.26. The quantitative estimate of drug-likeness (QED) is 0.896. The van der Waals surface area contributed by atoms with Crippen molar-refractivity contribution in [2.45, 2.75) is 25.8 Å². The second kappa shape index (κ2) is 6.33. The van der Waals surface area contributed by atoms with E-state index in [9.17, 15) is 0 Å². The summed E-state index contributed by atoms with van der Waals surface area (Å²) < 4.78 is 0. The Morgan fingerprint density at radius 1 is 1.00 bits per heavy atom. The number of nitrogens with one attached hydrogen (secondary N) is 2. The fourth-order valence-corrected chi connectivity index (χ4v) is 3.75. The predicted octanol–water partition coefficient (Wildman–Crippen LogP) is 3.98. The molecule has 3 nitrogen and oxygen atoms in total. The first-order chi connectivity index (χ1) is 11.7. The lowest BCUT2D eigenvalue weighted by Gasteiger charge is -2.29. The van der Waals surface area contributed by atoms with Gasteiger partial charge in [-0.15, -0.1) is 0 Å². The molecule has 0 radical (unpaired) electrons. The first-order valence-electron chi connectivity index (χ1n) is 8.85. The minimum absolute atomic E-state index is 0.313. The van der Waals surface area contributed by atoms with Crippen molar-refractivity contribution in [3.05, 3.63) is 77.5 Å². The second-order valence-electron chi connectivity index (χ2n) is 7.01. The molecule has 124 valence electrons. The van der Waals surface area contributed by atoms with Crippen LogP contribution in [0.2, 0.25) is 0 Å². The first kappa shape index (κ1) is 15.3. The van der Waals surface area contributed by atoms with Gasteiger partial charge in [0.05, 0.1) is 11.7 Å². The molecule has 0 amide bonds. The van der Waals surface area contributed by atoms with E-state index in [4.69, 9.17) is 0 Å². The summed E-state index contributed by atoms with van der Waals surface area (Å²) in [6, 6.07) is 20.1. The van der Waals surface area contributed by atoms with Gasteiger partial charge in [-0.3, -0.25) is 5.01 Å². The van der Waals surface area contributed by atoms with Crippen LogP contribution in [0.1, 0.15) is 36.9 Å². The molecule has 0 saturated carbocycles. The third-order valence-electron chi connectivity index (χ3n) is 5.12. The molecule has 2 atom stereocenters. The van der Waals surface area contributed by atoms with Gasteiger partial charge in [0, 0.05) is 24.7 Å². The van der Waals surface area contributed by atoms with Gasteiger partial charge < -0.3 is 10.7 Å². The molecule has 3 heteroatoms. The molecule has 0 spiro atoms. The number of para-hydroxylation sites is 1. The van der Waals surface area contributed by atoms with Gasteiger partial charge >= 0.3 is 0 Å². The number of hydrogen-bond donors (Lipinski definition) is 2. The molecule has 0 aromatic heterocycles. The van der Waals surface area contributed by atoms with E-state index in [1.165, 1.54) is 22.5 Å². The van der Waals surface area contributed by atoms with Crippen LogP contribution in [-0.4, -0.2) is 13.1 Å². The second-order valence-corrected chi connectivity index (χ2v) is 7.01. The number of fused-ring (bicyclic) bond motifs is 1. The highest BCUT2D eigenvalue weighted by Crippen LogP contribution is 2.41. The van der Waals surface area contributed by atoms with E-state index in [0.29, 0.717) is 17.9 Å². The number of nitrogens with zero attached hydrogens (tertiary/aromatic N) is 1. The molecule has 2 unspecified atom stereocenters. The number of hydrogen-bond acceptors (Lipinski definition) is 3. The van der Waals surface area contributed by atoms with Gasteiger partial charge in [-0.1, -0.05) is 56.3 Å². The minimum Gasteiger partial charge on any atom is -0.312 e. The average Bonchev–Trinajstić information content (AvgIpc) is 3.02. The zero-order chi connectivity index (χ0) is 16.5. The van der Waals surface area contributed by atoms with Gasteiger partial charge in [-0.05, 0) is 35.3 Å². The number of benzene rings is 2. The maximum absolute atomic E-state index is 3.65. The van der Waals surface area contributed by atoms with Crippen LogP contribution in [0.25, 0.3) is 0 Å². The number of rotatable bonds is 3. The van der Waals surface area contributed by atoms with Crippen molar-refractivity contribution >= 4 is 5.69 Å². The van der Waals surface area contributed by atoms with Gasteiger partial charge in [-0.2, -0.15) is 0 Å². The van der Waals surface area contributed by atoms with Gasteiger partial charge in [0.1, 0.15) is 0 Å². The van der Waals surface area contributed by atoms with Gasteiger partial charge in [0.15, 0.2) is 0 Å². The van der Waals surface area contributed by atoms with Crippen molar-refractivity contribution in [2.75, 3.05) is 18.1 Å². The lowest BCUT2D eigenvalue weighted by Crippen LogP contribution is -2.33. The Morgan fingerprint density at radius 3 is 2.46 bits per heavy atom. The van der Waals surface area contributed by atoms with Crippen LogP contribution in [0.5, 0.6) is 0 Å². The minimum atomic E-state index is 0.313. The molecule has 2 aromatic carbocycles. The zero-order valence-electron chi connectivity index (χ0n) is 14.4. The average molecular weight is 319 g/mol. The maximum Gasteiger partial charge on any atom is 0.0849 e. The molecule has 2 aliphatic heterocycles. The number of anilines is 1. The lowest BCUT2D eigenvalue weighted by atomic mass is 9.89. The smallest absolute Gasteiger partial charge is 0.0849 e. The van der Waals surface area contributed by atoms with E-state index in [1.54, 1.807) is 0 Å². The van der Waals surface area contributed by atoms with Crippen molar-refractivity contribution < 1.29 is 0 Å². The van der Waals surface area contributed by atoms with Crippen LogP contribution >= 0.6 is 0 Å². The van der Waals surface area contributed by atoms with E-state index in [-0.39, 0.29) is 0 Å². The lowest BCUT2D eigenvalue weighted by molar-refractivity contribution is 0.485. The Morgan fingerprint density at radius 2 is 1.75 bits per heavy atom. The van der Waals surface area contributed by atoms with E-state index in [1.807, 2.05) is 0 Å². The molecule has 0 bridgehead atoms. The molecule has 2 heterocycles. The predicted molar refractivity (Wildman–Crippen MR) is 99.8 cm³/mol. The highest BCUT2D eigenvalue weighted by molar-refractivity contribution is 5.52. The van der Waals surface area contributed by atoms with Crippen LogP contribution in [0.15, 0.2) is 66.4 Å². The largest absolute Gasteiger partial charge is 0.312 e. The van der Waals surface area contributed by atoms with E-state index in [2.05, 4.69) is 90.3 Å². The van der Waals surface area contributed by atoms with Gasteiger partial charge in [0.2, 0.25) is 0 Å². The van der Waals surface area contributed by atoms with Crippen molar-refractivity contribution in [2.24, 2.45) is 5.92 Å². The molecule has 1 saturated heterocycles. The molecule has 0 aliphatic carbocycles. The van der Waals surface area contributed by atoms with Crippen molar-refractivity contribution in [1.82, 2.24) is 10.7 Å². The summed E-state index contributed by atoms with van der Waals surface area (Å²) in [4.78, 5) is 0. The third kappa shape index (κ3) is 2.69. The van der Waals surface area contributed by atoms with Gasteiger partial charge in [-0.25, -0.2) is 0 Å². The van der Waals surface area contributed by atoms with Crippen LogP contribution in [-0.2, 0) is 0 Å². The highest BCUT2D eigenvalue weighted by Gasteiger charge is 2.39. The van der Waals surface area contributed by atoms with Crippen molar-refractivity contribution in [3.63, 3.8) is 0 Å². The number of hydrazine groups is 1. The fraction of sp³-hybridized carbons (Fsp3) is 0.333. The summed E-state index contributed by atoms with van der Waals surface area (Å²) in [6.07, 6.45) is 2.28. The standard InChI is InChI=1S/C21H25N3/c1-15(2)16-8-10-17(11-9-16)21-19-14-22-13-12-20(19)23-24(21)18-6-4-3-5-7-18/h3-12,15,19,21-23H,13-14H2,1-2H3. The Kier molecular flexibility index (Phi) is 4.03. The molecule has 24 heavy (non-hydrogen) atoms. The van der Waals surface area contributed by atoms with Crippen molar-refractivity contribution in [1.29, 1.82) is 0 Å². The highest BCUT2D eigenvalue weighted by atomic mass is 15.6. The first-order valence-corrected chi connectivity index (χ1v) is 8.85. The summed E-state index contributed by atoms with van der Waals surface area (Å²) in [6.45, 7) is 6.45. The molecule has 2 N–H and O–H groups in total. The van der Waals surface area contributed by atoms with Crippen LogP contribution in [0, 0.1) is 5.92 Å². The molecular weight excluding hydrogens is 294 g/mol. The van der Waals surface area contributed by atoms with E-state index < -0.39 is 0 Å². The SMILES string of the molecule is CC(C)c1ccc(C2C3CNCC=C3NN2c2ccccc2)cc1. The van der Waals surface area contributed by atoms with Crippen LogP contribution in [0.3, 0.4) is 0 Å². The summed E-state index contributed by atoms with van der Waals surface area (Å²) >= 11 is 0. The maximum atomic E-state index is 3.65. The summed E-state index contributed by atoms with van der Waals surface area (Å²) in [5.41, 5.74) is 8.97. The molecule has 1 fully saturated rings. The fourth-order valence-electron chi connectivity index (χ4n) is 3.75. The molecule has 4 rings (SSSR count). The normalized spacial score (nSPS) is 23.0. The topological polar surface area (TPSA) is 27.3 Å². The molecule has 2 aromatic rings. The summed E-state index contributed by atoms with van der Waals surface area (Å²) in [5, 5.41) is 5.84. The van der Waals surface area contributed by atoms with E-state index >= 15 is 0 Å². The van der Waals surface area contributed by atoms with Crippen LogP contribution < -0.4 is 15.8 Å². The third-order valence-corrected chi connectivity index (χ3v) is 5.12.